The van der Waals surface area contributed by atoms with Gasteiger partial charge in [-0.05, 0) is 162 Å². The predicted octanol–water partition coefficient (Wildman–Crippen LogP) is -5.40. The molecule has 0 aromatic heterocycles. The van der Waals surface area contributed by atoms with Crippen LogP contribution in [0.15, 0.2) is 72.8 Å². The number of hydrogen-bond donors (Lipinski definition) is 27. The Hall–Kier alpha value is -12.9. The van der Waals surface area contributed by atoms with Crippen LogP contribution in [-0.2, 0) is 83.1 Å². The number of nitrogens with two attached hydrogens (primary N) is 6. The summed E-state index contributed by atoms with van der Waals surface area (Å²) < 4.78 is 5.78. The van der Waals surface area contributed by atoms with Crippen LogP contribution in [0.2, 0.25) is 0 Å². The number of aliphatic hydroxyl groups is 2. The molecule has 684 valence electrons. The zero-order valence-electron chi connectivity index (χ0n) is 69.1. The number of nitrogens with one attached hydrogen (secondary N) is 15. The molecular weight excluding hydrogens is 1630 g/mol. The van der Waals surface area contributed by atoms with Gasteiger partial charge in [0.05, 0.1) is 19.6 Å². The van der Waals surface area contributed by atoms with E-state index in [9.17, 15) is 112 Å². The minimum atomic E-state index is -1.97. The zero-order valence-corrected chi connectivity index (χ0v) is 69.1. The van der Waals surface area contributed by atoms with Crippen LogP contribution in [0.4, 0.5) is 9.59 Å². The molecule has 45 nitrogen and oxygen atoms in total. The van der Waals surface area contributed by atoms with Crippen LogP contribution in [0.5, 0.6) is 5.75 Å². The minimum Gasteiger partial charge on any atom is -0.508 e. The van der Waals surface area contributed by atoms with Gasteiger partial charge in [0.25, 0.3) is 0 Å². The Balaban J connectivity index is 1.59. The Morgan fingerprint density at radius 2 is 0.758 bits per heavy atom. The first kappa shape index (κ1) is 103. The summed E-state index contributed by atoms with van der Waals surface area (Å²) in [7, 11) is 0. The number of aliphatic carboxylic acids is 3. The third kappa shape index (κ3) is 36.4. The van der Waals surface area contributed by atoms with E-state index in [1.54, 1.807) is 0 Å². The SMILES string of the molecule is CC(C)[C@H](NC(=O)[C@H](CO)NC(=O)[C@H](CCCNC(N)=O)NC(=O)[C@H](CCCCN)NC(=O)[C@H](CO)NC(=O)[C@H](CCCNC(=N)N)NC(=O)[C@H](CCC(=O)O)NC(=O)[C@H](CCCCN)NC(=O)[C@@H](Cc1ccc(O)cc1)NC(=O)OCC1c2ccccc2-c2ccccc21)C(=O)N[C@@H](CCC(N)=O)C(=O)N[C@@H](CCCCN)C(=O)N[C@@H](CC(=O)O)C(=O)O. The number of phenols is 1. The van der Waals surface area contributed by atoms with E-state index in [0.29, 0.717) is 18.4 Å². The highest BCUT2D eigenvalue weighted by molar-refractivity contribution is 6.00. The number of primary amides is 2. The fourth-order valence-electron chi connectivity index (χ4n) is 13.1. The summed E-state index contributed by atoms with van der Waals surface area (Å²) >= 11 is 0. The Labute approximate surface area is 714 Å². The van der Waals surface area contributed by atoms with Crippen molar-refractivity contribution in [2.45, 2.75) is 214 Å². The molecule has 12 atom stereocenters. The first-order valence-corrected chi connectivity index (χ1v) is 40.6. The first-order chi connectivity index (χ1) is 58.9. The van der Waals surface area contributed by atoms with Crippen LogP contribution < -0.4 is 109 Å². The number of carboxylic acids is 3. The highest BCUT2D eigenvalue weighted by Crippen LogP contribution is 2.44. The van der Waals surface area contributed by atoms with Gasteiger partial charge in [-0.1, -0.05) is 74.5 Å². The molecule has 15 amide bonds. The van der Waals surface area contributed by atoms with Crippen LogP contribution in [0.25, 0.3) is 11.1 Å². The summed E-state index contributed by atoms with van der Waals surface area (Å²) in [6.07, 6.45) is -4.88. The summed E-state index contributed by atoms with van der Waals surface area (Å²) in [6.45, 7) is 0.367. The lowest BCUT2D eigenvalue weighted by atomic mass is 9.98. The van der Waals surface area contributed by atoms with Crippen molar-refractivity contribution in [1.29, 1.82) is 5.41 Å². The van der Waals surface area contributed by atoms with Gasteiger partial charge in [0.15, 0.2) is 5.96 Å². The van der Waals surface area contributed by atoms with Gasteiger partial charge in [-0.3, -0.25) is 72.5 Å². The number of rotatable bonds is 59. The Kier molecular flexibility index (Phi) is 45.5. The molecule has 33 N–H and O–H groups in total. The van der Waals surface area contributed by atoms with Crippen molar-refractivity contribution < 1.29 is 117 Å². The van der Waals surface area contributed by atoms with Crippen molar-refractivity contribution in [2.75, 3.05) is 52.5 Å². The number of fused-ring (bicyclic) bond motifs is 3. The number of hydrogen-bond acceptors (Lipinski definition) is 25. The summed E-state index contributed by atoms with van der Waals surface area (Å²) in [5.41, 5.74) is 37.6. The number of unbranched alkanes of at least 4 members (excludes halogenated alkanes) is 3. The number of urea groups is 1. The van der Waals surface area contributed by atoms with E-state index >= 15 is 0 Å². The summed E-state index contributed by atoms with van der Waals surface area (Å²) in [5.74, 6) is -20.0. The van der Waals surface area contributed by atoms with E-state index in [-0.39, 0.29) is 128 Å². The van der Waals surface area contributed by atoms with Crippen molar-refractivity contribution >= 4 is 107 Å². The number of carbonyl (C=O) groups is 17. The Bertz CT molecular complexity index is 4100. The van der Waals surface area contributed by atoms with Crippen molar-refractivity contribution in [3.05, 3.63) is 89.5 Å². The monoisotopic (exact) mass is 1750 g/mol. The molecule has 1 aliphatic rings. The fourth-order valence-corrected chi connectivity index (χ4v) is 13.1. The molecule has 0 heterocycles. The minimum absolute atomic E-state index is 0.0638. The first-order valence-electron chi connectivity index (χ1n) is 40.6. The number of guanidine groups is 1. The maximum absolute atomic E-state index is 14.6. The lowest BCUT2D eigenvalue weighted by Gasteiger charge is -2.29. The van der Waals surface area contributed by atoms with E-state index in [4.69, 9.17) is 44.5 Å². The molecule has 4 rings (SSSR count). The lowest BCUT2D eigenvalue weighted by molar-refractivity contribution is -0.147. The Morgan fingerprint density at radius 3 is 1.13 bits per heavy atom. The number of aliphatic hydroxyl groups excluding tert-OH is 2. The van der Waals surface area contributed by atoms with Crippen molar-refractivity contribution in [1.82, 2.24) is 74.4 Å². The highest BCUT2D eigenvalue weighted by atomic mass is 16.5. The maximum atomic E-state index is 14.6. The second-order valence-electron chi connectivity index (χ2n) is 29.7. The molecule has 0 radical (unpaired) electrons. The van der Waals surface area contributed by atoms with Gasteiger partial charge in [0, 0.05) is 38.3 Å². The smallest absolute Gasteiger partial charge is 0.407 e. The number of carbonyl (C=O) groups excluding carboxylic acids is 14. The maximum Gasteiger partial charge on any atom is 0.407 e. The lowest BCUT2D eigenvalue weighted by Crippen LogP contribution is -2.62. The van der Waals surface area contributed by atoms with Crippen LogP contribution in [-0.4, -0.2) is 263 Å². The molecule has 3 aromatic rings. The van der Waals surface area contributed by atoms with Gasteiger partial charge in [0.1, 0.15) is 84.9 Å². The standard InChI is InChI=1S/C79H119N21O24/c1-42(2)64(75(119)95-55(28-30-61(83)104)70(114)89-52(21-9-12-34-82)67(111)96-58(76(120)121)38-63(107)108)100-74(118)60(40-102)98-69(113)54(23-14-36-88-78(86)122)90-65(109)51(20-8-11-33-81)93-73(117)59(39-101)97-68(112)53(22-13-35-87-77(84)85)91-71(115)56(29-31-62(105)106)94-66(110)50(19-7-10-32-80)92-72(116)57(37-43-24-26-44(103)27-25-43)99-79(123)124-41-49-47-17-5-3-15-45(47)46-16-4-6-18-48(46)49/h3-6,15-18,24-27,42,49-60,64,101-103H,7-14,19-23,28-41,80-82H2,1-2H3,(H2,83,104)(H,89,114)(H,90,109)(H,91,115)(H,92,116)(H,93,117)(H,94,110)(H,95,119)(H,96,111)(H,97,112)(H,98,113)(H,99,123)(H,100,118)(H,105,106)(H,107,108)(H,120,121)(H4,84,85,87)(H3,86,88,122)/t50-,51-,52-,53-,54-,55-,56-,57+,58-,59-,60-,64-/m0/s1. The molecule has 124 heavy (non-hydrogen) atoms. The number of phenolic OH excluding ortho intramolecular Hbond substituents is 1. The molecule has 0 aliphatic heterocycles. The molecule has 0 saturated heterocycles. The highest BCUT2D eigenvalue weighted by Gasteiger charge is 2.39. The fraction of sp³-hybridized carbons (Fsp3) is 0.544. The number of aromatic hydroxyl groups is 1. The van der Waals surface area contributed by atoms with Crippen molar-refractivity contribution in [2.24, 2.45) is 40.3 Å². The molecule has 0 bridgehead atoms. The number of amides is 15. The molecular formula is C79H119N21O24. The van der Waals surface area contributed by atoms with E-state index in [0.717, 1.165) is 22.3 Å². The van der Waals surface area contributed by atoms with Gasteiger partial charge in [-0.25, -0.2) is 14.4 Å². The van der Waals surface area contributed by atoms with E-state index in [1.165, 1.54) is 38.1 Å². The quantitative estimate of drug-likeness (QED) is 0.0142. The molecule has 0 fully saturated rings. The molecule has 0 saturated carbocycles. The van der Waals surface area contributed by atoms with Gasteiger partial charge in [-0.2, -0.15) is 0 Å². The van der Waals surface area contributed by atoms with E-state index in [2.05, 4.69) is 74.4 Å². The third-order valence-electron chi connectivity index (χ3n) is 19.8. The van der Waals surface area contributed by atoms with Gasteiger partial charge in [0.2, 0.25) is 70.9 Å². The average Bonchev–Trinajstić information content (AvgIpc) is 1.61. The average molecular weight is 1750 g/mol. The predicted molar refractivity (Wildman–Crippen MR) is 444 cm³/mol. The Morgan fingerprint density at radius 1 is 0.403 bits per heavy atom. The molecule has 0 spiro atoms. The number of ether oxygens (including phenoxy) is 1. The van der Waals surface area contributed by atoms with Crippen molar-refractivity contribution in [3.8, 4) is 16.9 Å². The normalized spacial score (nSPS) is 14.3. The van der Waals surface area contributed by atoms with Crippen LogP contribution >= 0.6 is 0 Å². The molecule has 1 aliphatic carbocycles. The van der Waals surface area contributed by atoms with Gasteiger partial charge >= 0.3 is 30.0 Å². The number of carboxylic acid groups (broad SMARTS) is 3. The second-order valence-corrected chi connectivity index (χ2v) is 29.7. The topological polar surface area (TPSA) is 769 Å². The molecule has 3 aromatic carbocycles. The summed E-state index contributed by atoms with van der Waals surface area (Å²) in [4.78, 5) is 230. The van der Waals surface area contributed by atoms with Gasteiger partial charge < -0.3 is 144 Å². The molecule has 45 heteroatoms. The van der Waals surface area contributed by atoms with Crippen LogP contribution in [0.1, 0.15) is 152 Å². The largest absolute Gasteiger partial charge is 0.508 e. The van der Waals surface area contributed by atoms with Crippen LogP contribution in [0.3, 0.4) is 0 Å². The molecule has 0 unspecified atom stereocenters. The zero-order chi connectivity index (χ0) is 92.1. The van der Waals surface area contributed by atoms with Crippen molar-refractivity contribution in [3.63, 3.8) is 0 Å². The van der Waals surface area contributed by atoms with Gasteiger partial charge in [-0.15, -0.1) is 0 Å². The van der Waals surface area contributed by atoms with E-state index < -0.39 is 231 Å². The second kappa shape index (κ2) is 54.5. The van der Waals surface area contributed by atoms with E-state index in [1.807, 2.05) is 48.5 Å². The summed E-state index contributed by atoms with van der Waals surface area (Å²) in [5, 5.41) is 101. The number of alkyl carbamates (subject to hydrolysis) is 1. The summed E-state index contributed by atoms with van der Waals surface area (Å²) in [6, 6.07) is -0.736. The van der Waals surface area contributed by atoms with Crippen LogP contribution in [0, 0.1) is 11.3 Å². The third-order valence-corrected chi connectivity index (χ3v) is 19.8. The number of benzene rings is 3.